The molecule has 2 N–H and O–H groups in total. The molecule has 0 fully saturated rings. The molecule has 0 aliphatic carbocycles. The van der Waals surface area contributed by atoms with Gasteiger partial charge in [0, 0.05) is 18.1 Å². The van der Waals surface area contributed by atoms with E-state index in [1.807, 2.05) is 5.38 Å². The molecule has 92 valence electrons. The van der Waals surface area contributed by atoms with Gasteiger partial charge in [-0.05, 0) is 23.6 Å². The summed E-state index contributed by atoms with van der Waals surface area (Å²) >= 11 is 1.33. The van der Waals surface area contributed by atoms with Crippen molar-refractivity contribution in [3.63, 3.8) is 0 Å². The number of amides is 2. The normalized spacial score (nSPS) is 9.78. The van der Waals surface area contributed by atoms with E-state index in [1.165, 1.54) is 11.3 Å². The first-order valence-electron chi connectivity index (χ1n) is 5.27. The van der Waals surface area contributed by atoms with Gasteiger partial charge in [-0.3, -0.25) is 14.6 Å². The zero-order valence-electron chi connectivity index (χ0n) is 9.42. The third-order valence-corrected chi connectivity index (χ3v) is 2.99. The van der Waals surface area contributed by atoms with Gasteiger partial charge in [-0.25, -0.2) is 0 Å². The number of nitrogens with zero attached hydrogens (tertiary/aromatic N) is 1. The first-order chi connectivity index (χ1) is 8.75. The minimum atomic E-state index is -0.272. The third kappa shape index (κ3) is 3.39. The van der Waals surface area contributed by atoms with Crippen LogP contribution in [0, 0.1) is 0 Å². The van der Waals surface area contributed by atoms with Crippen molar-refractivity contribution in [3.05, 3.63) is 46.9 Å². The Morgan fingerprint density at radius 1 is 1.22 bits per heavy atom. The van der Waals surface area contributed by atoms with Crippen molar-refractivity contribution in [3.8, 4) is 0 Å². The number of aromatic nitrogens is 1. The summed E-state index contributed by atoms with van der Waals surface area (Å²) in [6.45, 7) is -0.0565. The lowest BCUT2D eigenvalue weighted by Gasteiger charge is -2.05. The quantitative estimate of drug-likeness (QED) is 0.876. The van der Waals surface area contributed by atoms with Crippen molar-refractivity contribution in [1.29, 1.82) is 0 Å². The number of hydrogen-bond donors (Lipinski definition) is 2. The Morgan fingerprint density at radius 3 is 2.67 bits per heavy atom. The van der Waals surface area contributed by atoms with E-state index in [9.17, 15) is 9.59 Å². The summed E-state index contributed by atoms with van der Waals surface area (Å²) in [4.78, 5) is 27.5. The van der Waals surface area contributed by atoms with Crippen LogP contribution in [0.4, 0.5) is 5.69 Å². The molecule has 0 spiro atoms. The van der Waals surface area contributed by atoms with Gasteiger partial charge in [-0.15, -0.1) is 11.3 Å². The molecule has 2 aromatic heterocycles. The Balaban J connectivity index is 1.80. The van der Waals surface area contributed by atoms with Crippen LogP contribution in [0.5, 0.6) is 0 Å². The van der Waals surface area contributed by atoms with Crippen LogP contribution in [0.1, 0.15) is 9.67 Å². The summed E-state index contributed by atoms with van der Waals surface area (Å²) in [6, 6.07) is 6.86. The van der Waals surface area contributed by atoms with Gasteiger partial charge in [0.05, 0.1) is 11.4 Å². The minimum Gasteiger partial charge on any atom is -0.342 e. The summed E-state index contributed by atoms with van der Waals surface area (Å²) in [5.41, 5.74) is 0.653. The molecular formula is C12H11N3O2S. The first kappa shape index (κ1) is 12.3. The molecule has 2 heterocycles. The Bertz CT molecular complexity index is 526. The largest absolute Gasteiger partial charge is 0.342 e. The SMILES string of the molecule is O=C(CNC(=O)c1cccs1)Nc1ccncc1. The Labute approximate surface area is 108 Å². The van der Waals surface area contributed by atoms with Crippen LogP contribution in [0.25, 0.3) is 0 Å². The minimum absolute atomic E-state index is 0.0565. The molecule has 0 radical (unpaired) electrons. The number of hydrogen-bond acceptors (Lipinski definition) is 4. The maximum Gasteiger partial charge on any atom is 0.261 e. The molecule has 2 rings (SSSR count). The summed E-state index contributed by atoms with van der Waals surface area (Å²) in [5, 5.41) is 7.01. The fourth-order valence-corrected chi connectivity index (χ4v) is 1.94. The number of anilines is 1. The van der Waals surface area contributed by atoms with Crippen LogP contribution in [0.15, 0.2) is 42.0 Å². The van der Waals surface area contributed by atoms with Gasteiger partial charge >= 0.3 is 0 Å². The van der Waals surface area contributed by atoms with Crippen molar-refractivity contribution in [2.45, 2.75) is 0 Å². The van der Waals surface area contributed by atoms with E-state index in [1.54, 1.807) is 36.7 Å². The highest BCUT2D eigenvalue weighted by Gasteiger charge is 2.08. The molecular weight excluding hydrogens is 250 g/mol. The molecule has 0 aromatic carbocycles. The van der Waals surface area contributed by atoms with Crippen molar-refractivity contribution < 1.29 is 9.59 Å². The van der Waals surface area contributed by atoms with Crippen LogP contribution in [0.2, 0.25) is 0 Å². The standard InChI is InChI=1S/C12H11N3O2S/c16-11(15-9-3-5-13-6-4-9)8-14-12(17)10-2-1-7-18-10/h1-7H,8H2,(H,14,17)(H,13,15,16). The molecule has 2 amide bonds. The topological polar surface area (TPSA) is 71.1 Å². The van der Waals surface area contributed by atoms with E-state index in [2.05, 4.69) is 15.6 Å². The molecule has 0 aliphatic rings. The molecule has 2 aromatic rings. The molecule has 0 saturated carbocycles. The van der Waals surface area contributed by atoms with Gasteiger partial charge in [0.2, 0.25) is 5.91 Å². The zero-order valence-corrected chi connectivity index (χ0v) is 10.2. The van der Waals surface area contributed by atoms with E-state index in [0.29, 0.717) is 10.6 Å². The number of rotatable bonds is 4. The number of carbonyl (C=O) groups is 2. The second kappa shape index (κ2) is 5.92. The first-order valence-corrected chi connectivity index (χ1v) is 6.15. The Kier molecular flexibility index (Phi) is 4.03. The van der Waals surface area contributed by atoms with Crippen molar-refractivity contribution in [2.24, 2.45) is 0 Å². The predicted molar refractivity (Wildman–Crippen MR) is 69.5 cm³/mol. The average Bonchev–Trinajstić information content (AvgIpc) is 2.91. The molecule has 0 saturated heterocycles. The fourth-order valence-electron chi connectivity index (χ4n) is 1.30. The molecule has 0 bridgehead atoms. The second-order valence-corrected chi connectivity index (χ2v) is 4.39. The highest BCUT2D eigenvalue weighted by atomic mass is 32.1. The monoisotopic (exact) mass is 261 g/mol. The Hall–Kier alpha value is -2.21. The molecule has 5 nitrogen and oxygen atoms in total. The summed E-state index contributed by atoms with van der Waals surface area (Å²) in [5.74, 6) is -0.513. The van der Waals surface area contributed by atoms with Gasteiger partial charge in [-0.1, -0.05) is 6.07 Å². The van der Waals surface area contributed by atoms with E-state index < -0.39 is 0 Å². The van der Waals surface area contributed by atoms with Gasteiger partial charge in [0.1, 0.15) is 0 Å². The molecule has 18 heavy (non-hydrogen) atoms. The maximum atomic E-state index is 11.6. The van der Waals surface area contributed by atoms with Gasteiger partial charge in [0.15, 0.2) is 0 Å². The van der Waals surface area contributed by atoms with Gasteiger partial charge in [-0.2, -0.15) is 0 Å². The third-order valence-electron chi connectivity index (χ3n) is 2.12. The highest BCUT2D eigenvalue weighted by Crippen LogP contribution is 2.07. The summed E-state index contributed by atoms with van der Waals surface area (Å²) in [6.07, 6.45) is 3.17. The van der Waals surface area contributed by atoms with Gasteiger partial charge < -0.3 is 10.6 Å². The van der Waals surface area contributed by atoms with Crippen LogP contribution < -0.4 is 10.6 Å². The summed E-state index contributed by atoms with van der Waals surface area (Å²) < 4.78 is 0. The van der Waals surface area contributed by atoms with Crippen LogP contribution >= 0.6 is 11.3 Å². The number of carbonyl (C=O) groups excluding carboxylic acids is 2. The van der Waals surface area contributed by atoms with E-state index in [-0.39, 0.29) is 18.4 Å². The molecule has 0 aliphatic heterocycles. The van der Waals surface area contributed by atoms with E-state index >= 15 is 0 Å². The van der Waals surface area contributed by atoms with Crippen LogP contribution in [-0.4, -0.2) is 23.3 Å². The lowest BCUT2D eigenvalue weighted by atomic mass is 10.4. The van der Waals surface area contributed by atoms with E-state index in [0.717, 1.165) is 0 Å². The molecule has 0 unspecified atom stereocenters. The van der Waals surface area contributed by atoms with Crippen LogP contribution in [0.3, 0.4) is 0 Å². The second-order valence-electron chi connectivity index (χ2n) is 3.44. The zero-order chi connectivity index (χ0) is 12.8. The highest BCUT2D eigenvalue weighted by molar-refractivity contribution is 7.12. The number of pyridine rings is 1. The van der Waals surface area contributed by atoms with E-state index in [4.69, 9.17) is 0 Å². The fraction of sp³-hybridized carbons (Fsp3) is 0.0833. The molecule has 0 atom stereocenters. The lowest BCUT2D eigenvalue weighted by Crippen LogP contribution is -2.32. The van der Waals surface area contributed by atoms with Crippen LogP contribution in [-0.2, 0) is 4.79 Å². The average molecular weight is 261 g/mol. The smallest absolute Gasteiger partial charge is 0.261 e. The summed E-state index contributed by atoms with van der Waals surface area (Å²) in [7, 11) is 0. The van der Waals surface area contributed by atoms with Crippen molar-refractivity contribution in [1.82, 2.24) is 10.3 Å². The molecule has 6 heteroatoms. The van der Waals surface area contributed by atoms with Crippen molar-refractivity contribution >= 4 is 28.8 Å². The van der Waals surface area contributed by atoms with Gasteiger partial charge in [0.25, 0.3) is 5.91 Å². The number of nitrogens with one attached hydrogen (secondary N) is 2. The maximum absolute atomic E-state index is 11.6. The Morgan fingerprint density at radius 2 is 2.00 bits per heavy atom. The number of thiophene rings is 1. The van der Waals surface area contributed by atoms with Crippen molar-refractivity contribution in [2.75, 3.05) is 11.9 Å². The lowest BCUT2D eigenvalue weighted by molar-refractivity contribution is -0.115. The predicted octanol–water partition coefficient (Wildman–Crippen LogP) is 1.51.